The fourth-order valence-corrected chi connectivity index (χ4v) is 4.69. The molecule has 0 saturated carbocycles. The Balaban J connectivity index is 0.00000180. The van der Waals surface area contributed by atoms with Gasteiger partial charge in [0.15, 0.2) is 0 Å². The molecular weight excluding hydrogens is 362 g/mol. The quantitative estimate of drug-likeness (QED) is 0.863. The summed E-state index contributed by atoms with van der Waals surface area (Å²) in [4.78, 5) is 17.5. The number of nitrogens with zero attached hydrogens (tertiary/aromatic N) is 2. The van der Waals surface area contributed by atoms with Crippen molar-refractivity contribution < 1.29 is 9.53 Å². The first kappa shape index (κ1) is 18.1. The molecule has 27 heavy (non-hydrogen) atoms. The summed E-state index contributed by atoms with van der Waals surface area (Å²) < 4.78 is 5.86. The van der Waals surface area contributed by atoms with Gasteiger partial charge < -0.3 is 15.0 Å². The molecule has 3 heterocycles. The Kier molecular flexibility index (Phi) is 4.74. The number of fused-ring (bicyclic) bond motifs is 1. The summed E-state index contributed by atoms with van der Waals surface area (Å²) in [5, 5.41) is 3.07. The van der Waals surface area contributed by atoms with Crippen LogP contribution in [0.1, 0.15) is 24.4 Å². The molecule has 0 aliphatic carbocycles. The van der Waals surface area contributed by atoms with Crippen LogP contribution in [0.4, 0.5) is 5.69 Å². The molecule has 0 radical (unpaired) electrons. The summed E-state index contributed by atoms with van der Waals surface area (Å²) in [6, 6.07) is 18.9. The van der Waals surface area contributed by atoms with Gasteiger partial charge in [0, 0.05) is 24.3 Å². The van der Waals surface area contributed by atoms with E-state index in [1.54, 1.807) is 0 Å². The van der Waals surface area contributed by atoms with Crippen molar-refractivity contribution in [3.63, 3.8) is 0 Å². The molecule has 0 bridgehead atoms. The van der Waals surface area contributed by atoms with Gasteiger partial charge in [-0.1, -0.05) is 36.4 Å². The third kappa shape index (κ3) is 2.86. The van der Waals surface area contributed by atoms with Crippen molar-refractivity contribution in [2.24, 2.45) is 0 Å². The largest absolute Gasteiger partial charge is 0.491 e. The van der Waals surface area contributed by atoms with E-state index in [0.29, 0.717) is 19.3 Å². The molecule has 1 N–H and O–H groups in total. The number of carbonyl (C=O) groups excluding carboxylic acids is 1. The predicted octanol–water partition coefficient (Wildman–Crippen LogP) is 2.97. The first-order valence-corrected chi connectivity index (χ1v) is 9.35. The first-order chi connectivity index (χ1) is 12.8. The average molecular weight is 386 g/mol. The SMILES string of the molecule is Cl.O=C1NCN(c2ccccc2)C12CCN(C1COc3ccccc31)CC2. The van der Waals surface area contributed by atoms with Gasteiger partial charge in [0.05, 0.1) is 12.7 Å². The highest BCUT2D eigenvalue weighted by atomic mass is 35.5. The maximum atomic E-state index is 12.8. The van der Waals surface area contributed by atoms with Gasteiger partial charge in [-0.15, -0.1) is 12.4 Å². The lowest BCUT2D eigenvalue weighted by Gasteiger charge is -2.44. The molecule has 1 amide bonds. The fourth-order valence-electron chi connectivity index (χ4n) is 4.69. The monoisotopic (exact) mass is 385 g/mol. The van der Waals surface area contributed by atoms with Crippen LogP contribution in [-0.4, -0.2) is 42.7 Å². The molecule has 2 aromatic carbocycles. The number of likely N-dealkylation sites (tertiary alicyclic amines) is 1. The van der Waals surface area contributed by atoms with Crippen molar-refractivity contribution in [1.29, 1.82) is 0 Å². The second-order valence-corrected chi connectivity index (χ2v) is 7.36. The minimum atomic E-state index is -0.420. The van der Waals surface area contributed by atoms with Crippen LogP contribution in [0.3, 0.4) is 0 Å². The number of benzene rings is 2. The molecule has 0 aromatic heterocycles. The van der Waals surface area contributed by atoms with Crippen LogP contribution in [0.15, 0.2) is 54.6 Å². The normalized spacial score (nSPS) is 23.5. The summed E-state index contributed by atoms with van der Waals surface area (Å²) in [5.74, 6) is 1.17. The van der Waals surface area contributed by atoms with E-state index in [4.69, 9.17) is 4.74 Å². The van der Waals surface area contributed by atoms with Crippen LogP contribution in [0.2, 0.25) is 0 Å². The maximum absolute atomic E-state index is 12.8. The second kappa shape index (κ2) is 7.06. The number of carbonyl (C=O) groups is 1. The molecule has 5 rings (SSSR count). The lowest BCUT2D eigenvalue weighted by molar-refractivity contribution is -0.125. The van der Waals surface area contributed by atoms with Crippen molar-refractivity contribution in [3.8, 4) is 5.75 Å². The lowest BCUT2D eigenvalue weighted by atomic mass is 9.84. The van der Waals surface area contributed by atoms with Gasteiger partial charge in [-0.3, -0.25) is 9.69 Å². The number of amides is 1. The number of hydrogen-bond acceptors (Lipinski definition) is 4. The van der Waals surface area contributed by atoms with Gasteiger partial charge in [-0.2, -0.15) is 0 Å². The van der Waals surface area contributed by atoms with Gasteiger partial charge in [0.2, 0.25) is 5.91 Å². The number of anilines is 1. The Hall–Kier alpha value is -2.24. The molecule has 6 heteroatoms. The molecule has 5 nitrogen and oxygen atoms in total. The molecular formula is C21H24ClN3O2. The van der Waals surface area contributed by atoms with E-state index in [9.17, 15) is 4.79 Å². The van der Waals surface area contributed by atoms with Crippen molar-refractivity contribution in [1.82, 2.24) is 10.2 Å². The minimum absolute atomic E-state index is 0. The van der Waals surface area contributed by atoms with Crippen molar-refractivity contribution >= 4 is 24.0 Å². The third-order valence-corrected chi connectivity index (χ3v) is 6.15. The van der Waals surface area contributed by atoms with E-state index in [0.717, 1.165) is 37.4 Å². The molecule has 1 atom stereocenters. The summed E-state index contributed by atoms with van der Waals surface area (Å²) in [7, 11) is 0. The fraction of sp³-hybridized carbons (Fsp3) is 0.381. The Bertz CT molecular complexity index is 821. The summed E-state index contributed by atoms with van der Waals surface area (Å²) in [6.07, 6.45) is 1.68. The van der Waals surface area contributed by atoms with Crippen LogP contribution in [0.25, 0.3) is 0 Å². The molecule has 142 valence electrons. The first-order valence-electron chi connectivity index (χ1n) is 9.35. The molecule has 1 unspecified atom stereocenters. The number of ether oxygens (including phenoxy) is 1. The smallest absolute Gasteiger partial charge is 0.247 e. The van der Waals surface area contributed by atoms with Gasteiger partial charge in [0.25, 0.3) is 0 Å². The summed E-state index contributed by atoms with van der Waals surface area (Å²) in [6.45, 7) is 3.11. The summed E-state index contributed by atoms with van der Waals surface area (Å²) in [5.41, 5.74) is 1.98. The number of halogens is 1. The van der Waals surface area contributed by atoms with E-state index in [1.165, 1.54) is 5.56 Å². The number of hydrogen-bond donors (Lipinski definition) is 1. The van der Waals surface area contributed by atoms with E-state index >= 15 is 0 Å². The Labute approximate surface area is 165 Å². The van der Waals surface area contributed by atoms with E-state index in [-0.39, 0.29) is 18.3 Å². The van der Waals surface area contributed by atoms with Gasteiger partial charge in [-0.25, -0.2) is 0 Å². The number of piperidine rings is 1. The number of para-hydroxylation sites is 2. The summed E-state index contributed by atoms with van der Waals surface area (Å²) >= 11 is 0. The predicted molar refractivity (Wildman–Crippen MR) is 107 cm³/mol. The zero-order chi connectivity index (χ0) is 17.6. The highest BCUT2D eigenvalue weighted by Gasteiger charge is 2.51. The third-order valence-electron chi connectivity index (χ3n) is 6.15. The zero-order valence-electron chi connectivity index (χ0n) is 15.1. The van der Waals surface area contributed by atoms with E-state index < -0.39 is 5.54 Å². The van der Waals surface area contributed by atoms with Crippen LogP contribution < -0.4 is 15.0 Å². The highest BCUT2D eigenvalue weighted by molar-refractivity contribution is 5.93. The topological polar surface area (TPSA) is 44.8 Å². The van der Waals surface area contributed by atoms with Gasteiger partial charge in [0.1, 0.15) is 17.9 Å². The van der Waals surface area contributed by atoms with E-state index in [2.05, 4.69) is 39.4 Å². The standard InChI is InChI=1S/C21H23N3O2.ClH/c25-20-21(24(15-22-20)16-6-2-1-3-7-16)10-12-23(13-11-21)18-14-26-19-9-5-4-8-17(18)19;/h1-9,18H,10-15H2,(H,22,25);1H. The van der Waals surface area contributed by atoms with Crippen molar-refractivity contribution in [2.75, 3.05) is 31.3 Å². The molecule has 3 aliphatic heterocycles. The van der Waals surface area contributed by atoms with Crippen molar-refractivity contribution in [2.45, 2.75) is 24.4 Å². The lowest BCUT2D eigenvalue weighted by Crippen LogP contribution is -2.56. The van der Waals surface area contributed by atoms with Crippen LogP contribution in [0, 0.1) is 0 Å². The minimum Gasteiger partial charge on any atom is -0.491 e. The molecule has 1 spiro atoms. The van der Waals surface area contributed by atoms with Crippen molar-refractivity contribution in [3.05, 3.63) is 60.2 Å². The number of rotatable bonds is 2. The van der Waals surface area contributed by atoms with Crippen LogP contribution >= 0.6 is 12.4 Å². The Morgan fingerprint density at radius 1 is 1.00 bits per heavy atom. The Morgan fingerprint density at radius 3 is 2.48 bits per heavy atom. The molecule has 2 saturated heterocycles. The van der Waals surface area contributed by atoms with Gasteiger partial charge >= 0.3 is 0 Å². The van der Waals surface area contributed by atoms with Crippen LogP contribution in [-0.2, 0) is 4.79 Å². The highest BCUT2D eigenvalue weighted by Crippen LogP contribution is 2.41. The zero-order valence-corrected chi connectivity index (χ0v) is 16.0. The average Bonchev–Trinajstić information content (AvgIpc) is 3.26. The van der Waals surface area contributed by atoms with Gasteiger partial charge in [-0.05, 0) is 31.0 Å². The second-order valence-electron chi connectivity index (χ2n) is 7.36. The van der Waals surface area contributed by atoms with E-state index in [1.807, 2.05) is 30.3 Å². The molecule has 2 aromatic rings. The molecule has 3 aliphatic rings. The molecule has 2 fully saturated rings. The number of nitrogens with one attached hydrogen (secondary N) is 1. The Morgan fingerprint density at radius 2 is 1.70 bits per heavy atom. The van der Waals surface area contributed by atoms with Crippen LogP contribution in [0.5, 0.6) is 5.75 Å². The maximum Gasteiger partial charge on any atom is 0.247 e.